The molecule has 0 radical (unpaired) electrons. The number of carboxylic acid groups (broad SMARTS) is 1. The average Bonchev–Trinajstić information content (AvgIpc) is 2.85. The summed E-state index contributed by atoms with van der Waals surface area (Å²) in [6.07, 6.45) is 28.0. The monoisotopic (exact) mass is 607 g/mol. The Kier molecular flexibility index (Phi) is 14.0. The van der Waals surface area contributed by atoms with E-state index in [0.29, 0.717) is 12.8 Å². The minimum Gasteiger partial charge on any atom is -0.480 e. The van der Waals surface area contributed by atoms with Crippen LogP contribution in [0.2, 0.25) is 0 Å². The van der Waals surface area contributed by atoms with Gasteiger partial charge in [0.1, 0.15) is 6.04 Å². The summed E-state index contributed by atoms with van der Waals surface area (Å²) in [5, 5.41) is 10.7. The zero-order chi connectivity index (χ0) is 35.2. The molecular formula is C40H66N2O2. The number of terminal acetylenes is 4. The highest BCUT2D eigenvalue weighted by Crippen LogP contribution is 2.44. The summed E-state index contributed by atoms with van der Waals surface area (Å²) < 4.78 is 0. The molecule has 0 fully saturated rings. The Hall–Kier alpha value is -2.37. The number of aliphatic carboxylic acids is 1. The lowest BCUT2D eigenvalue weighted by atomic mass is 9.70. The maximum absolute atomic E-state index is 13.0. The van der Waals surface area contributed by atoms with Gasteiger partial charge < -0.3 is 5.11 Å². The van der Waals surface area contributed by atoms with Gasteiger partial charge in [0.05, 0.1) is 0 Å². The number of hydrogen-bond donors (Lipinski definition) is 1. The second-order valence-corrected chi connectivity index (χ2v) is 17.3. The standard InChI is InChI=1S/C40H66N2O2/c1-20-31(5)28-37(12,13)42(40(18,19)36(10,11)23-4)32(33(43)44)26-24-25-27-41(38(14,15)29-34(6,7)21-2)39(16,17)30-35(8,9)22-3/h1-4,31-32H,24-30H2,5-19H3,(H,43,44). The second kappa shape index (κ2) is 14.8. The summed E-state index contributed by atoms with van der Waals surface area (Å²) in [7, 11) is 0. The molecule has 2 atom stereocenters. The fraction of sp³-hybridized carbons (Fsp3) is 0.775. The van der Waals surface area contributed by atoms with Gasteiger partial charge in [-0.05, 0) is 136 Å². The van der Waals surface area contributed by atoms with Crippen molar-refractivity contribution in [2.24, 2.45) is 22.2 Å². The van der Waals surface area contributed by atoms with E-state index in [0.717, 1.165) is 32.2 Å². The number of carboxylic acids is 1. The largest absolute Gasteiger partial charge is 0.480 e. The maximum atomic E-state index is 13.0. The van der Waals surface area contributed by atoms with E-state index in [9.17, 15) is 9.90 Å². The predicted molar refractivity (Wildman–Crippen MR) is 190 cm³/mol. The van der Waals surface area contributed by atoms with Gasteiger partial charge in [-0.25, -0.2) is 0 Å². The van der Waals surface area contributed by atoms with Crippen LogP contribution < -0.4 is 0 Å². The lowest BCUT2D eigenvalue weighted by Crippen LogP contribution is -2.66. The van der Waals surface area contributed by atoms with Crippen molar-refractivity contribution in [3.63, 3.8) is 0 Å². The van der Waals surface area contributed by atoms with Crippen molar-refractivity contribution >= 4 is 5.97 Å². The molecule has 0 aliphatic rings. The molecule has 0 saturated carbocycles. The van der Waals surface area contributed by atoms with Crippen molar-refractivity contribution in [1.29, 1.82) is 0 Å². The molecule has 0 aliphatic heterocycles. The summed E-state index contributed by atoms with van der Waals surface area (Å²) in [5.41, 5.74) is -2.70. The minimum atomic E-state index is -0.837. The van der Waals surface area contributed by atoms with Crippen molar-refractivity contribution in [2.75, 3.05) is 6.54 Å². The molecule has 0 spiro atoms. The van der Waals surface area contributed by atoms with Gasteiger partial charge in [0, 0.05) is 44.3 Å². The highest BCUT2D eigenvalue weighted by molar-refractivity contribution is 5.73. The van der Waals surface area contributed by atoms with Crippen LogP contribution in [-0.2, 0) is 4.79 Å². The van der Waals surface area contributed by atoms with Gasteiger partial charge in [0.2, 0.25) is 0 Å². The van der Waals surface area contributed by atoms with E-state index in [1.54, 1.807) is 0 Å². The molecule has 0 rings (SSSR count). The molecule has 1 N–H and O–H groups in total. The number of nitrogens with zero attached hydrogens (tertiary/aromatic N) is 2. The Morgan fingerprint density at radius 1 is 0.705 bits per heavy atom. The van der Waals surface area contributed by atoms with Gasteiger partial charge in [-0.1, -0.05) is 19.3 Å². The van der Waals surface area contributed by atoms with Gasteiger partial charge >= 0.3 is 5.97 Å². The molecule has 4 nitrogen and oxygen atoms in total. The first-order valence-corrected chi connectivity index (χ1v) is 16.3. The van der Waals surface area contributed by atoms with Crippen LogP contribution in [0.25, 0.3) is 0 Å². The molecular weight excluding hydrogens is 540 g/mol. The predicted octanol–water partition coefficient (Wildman–Crippen LogP) is 8.75. The van der Waals surface area contributed by atoms with Crippen molar-refractivity contribution in [1.82, 2.24) is 9.80 Å². The third-order valence-electron chi connectivity index (χ3n) is 9.93. The molecule has 0 bridgehead atoms. The van der Waals surface area contributed by atoms with Crippen LogP contribution in [0.15, 0.2) is 0 Å². The molecule has 44 heavy (non-hydrogen) atoms. The Labute approximate surface area is 273 Å². The molecule has 248 valence electrons. The van der Waals surface area contributed by atoms with Crippen LogP contribution in [0.4, 0.5) is 0 Å². The molecule has 0 aliphatic carbocycles. The Bertz CT molecular complexity index is 1100. The zero-order valence-corrected chi connectivity index (χ0v) is 31.2. The first-order chi connectivity index (χ1) is 19.6. The smallest absolute Gasteiger partial charge is 0.320 e. The number of rotatable bonds is 18. The van der Waals surface area contributed by atoms with Crippen molar-refractivity contribution in [3.05, 3.63) is 0 Å². The van der Waals surface area contributed by atoms with Crippen LogP contribution in [0.5, 0.6) is 0 Å². The Morgan fingerprint density at radius 3 is 1.48 bits per heavy atom. The third-order valence-corrected chi connectivity index (χ3v) is 9.93. The molecule has 0 heterocycles. The van der Waals surface area contributed by atoms with Crippen LogP contribution in [-0.4, -0.2) is 55.6 Å². The first-order valence-electron chi connectivity index (χ1n) is 16.3. The lowest BCUT2D eigenvalue weighted by molar-refractivity contribution is -0.156. The minimum absolute atomic E-state index is 0.00997. The highest BCUT2D eigenvalue weighted by Gasteiger charge is 2.51. The topological polar surface area (TPSA) is 43.8 Å². The van der Waals surface area contributed by atoms with Gasteiger partial charge in [0.25, 0.3) is 0 Å². The van der Waals surface area contributed by atoms with E-state index in [1.807, 2.05) is 20.8 Å². The van der Waals surface area contributed by atoms with E-state index < -0.39 is 28.5 Å². The number of hydrogen-bond acceptors (Lipinski definition) is 3. The summed E-state index contributed by atoms with van der Waals surface area (Å²) in [6.45, 7) is 32.6. The molecule has 0 aromatic carbocycles. The van der Waals surface area contributed by atoms with Crippen LogP contribution >= 0.6 is 0 Å². The average molecular weight is 607 g/mol. The van der Waals surface area contributed by atoms with E-state index in [-0.39, 0.29) is 27.8 Å². The summed E-state index contributed by atoms with van der Waals surface area (Å²) >= 11 is 0. The maximum Gasteiger partial charge on any atom is 0.320 e. The van der Waals surface area contributed by atoms with Gasteiger partial charge in [-0.15, -0.1) is 43.5 Å². The number of carbonyl (C=O) groups is 1. The lowest BCUT2D eigenvalue weighted by Gasteiger charge is -2.56. The van der Waals surface area contributed by atoms with Crippen molar-refractivity contribution in [2.45, 2.75) is 171 Å². The number of unbranched alkanes of at least 4 members (excludes halogenated alkanes) is 1. The van der Waals surface area contributed by atoms with Crippen LogP contribution in [0, 0.1) is 71.5 Å². The van der Waals surface area contributed by atoms with Crippen LogP contribution in [0.1, 0.15) is 142 Å². The third kappa shape index (κ3) is 10.9. The second-order valence-electron chi connectivity index (χ2n) is 17.3. The van der Waals surface area contributed by atoms with E-state index in [2.05, 4.69) is 117 Å². The molecule has 0 saturated heterocycles. The van der Waals surface area contributed by atoms with Gasteiger partial charge in [-0.3, -0.25) is 14.6 Å². The van der Waals surface area contributed by atoms with E-state index >= 15 is 0 Å². The van der Waals surface area contributed by atoms with Gasteiger partial charge in [-0.2, -0.15) is 0 Å². The van der Waals surface area contributed by atoms with E-state index in [1.165, 1.54) is 0 Å². The SMILES string of the molecule is C#CC(C)CC(C)(C)N(C(CCCCN(C(C)(C)CC(C)(C)C#C)C(C)(C)CC(C)(C)C#C)C(=O)O)C(C)(C)C(C)(C)C#C. The molecule has 0 aromatic heterocycles. The summed E-state index contributed by atoms with van der Waals surface area (Å²) in [5.74, 6) is 10.9. The molecule has 4 heteroatoms. The Balaban J connectivity index is 6.53. The molecule has 2 unspecified atom stereocenters. The molecule has 0 aromatic rings. The van der Waals surface area contributed by atoms with Crippen LogP contribution in [0.3, 0.4) is 0 Å². The zero-order valence-electron chi connectivity index (χ0n) is 31.2. The summed E-state index contributed by atoms with van der Waals surface area (Å²) in [6, 6.07) is -0.729. The van der Waals surface area contributed by atoms with Crippen molar-refractivity contribution < 1.29 is 9.90 Å². The van der Waals surface area contributed by atoms with E-state index in [4.69, 9.17) is 25.7 Å². The fourth-order valence-electron chi connectivity index (χ4n) is 7.80. The molecule has 0 amide bonds. The normalized spacial score (nSPS) is 15.2. The highest BCUT2D eigenvalue weighted by atomic mass is 16.4. The van der Waals surface area contributed by atoms with Crippen molar-refractivity contribution in [3.8, 4) is 49.4 Å². The Morgan fingerprint density at radius 2 is 1.14 bits per heavy atom. The quantitative estimate of drug-likeness (QED) is 0.125. The summed E-state index contributed by atoms with van der Waals surface area (Å²) in [4.78, 5) is 17.7. The fourth-order valence-corrected chi connectivity index (χ4v) is 7.80. The first kappa shape index (κ1) is 41.6. The van der Waals surface area contributed by atoms with Gasteiger partial charge in [0.15, 0.2) is 0 Å².